The molecular formula is C9H6INO3. The van der Waals surface area contributed by atoms with Crippen molar-refractivity contribution in [3.63, 3.8) is 0 Å². The van der Waals surface area contributed by atoms with Gasteiger partial charge in [-0.1, -0.05) is 12.0 Å². The van der Waals surface area contributed by atoms with Gasteiger partial charge in [0.25, 0.3) is 5.69 Å². The van der Waals surface area contributed by atoms with Gasteiger partial charge in [0.15, 0.2) is 0 Å². The monoisotopic (exact) mass is 303 g/mol. The van der Waals surface area contributed by atoms with E-state index in [4.69, 9.17) is 4.74 Å². The SMILES string of the molecule is O=[N+]([O-])c1cccc(OCC#CI)c1. The van der Waals surface area contributed by atoms with Gasteiger partial charge in [-0.15, -0.1) is 0 Å². The Morgan fingerprint density at radius 1 is 1.57 bits per heavy atom. The molecule has 0 aliphatic rings. The minimum atomic E-state index is -0.461. The molecule has 1 aromatic carbocycles. The van der Waals surface area contributed by atoms with E-state index >= 15 is 0 Å². The highest BCUT2D eigenvalue weighted by Gasteiger charge is 2.05. The summed E-state index contributed by atoms with van der Waals surface area (Å²) in [7, 11) is 0. The number of hydrogen-bond acceptors (Lipinski definition) is 3. The fraction of sp³-hybridized carbons (Fsp3) is 0.111. The van der Waals surface area contributed by atoms with Crippen LogP contribution in [0.1, 0.15) is 0 Å². The second-order valence-electron chi connectivity index (χ2n) is 2.31. The van der Waals surface area contributed by atoms with Gasteiger partial charge in [0.2, 0.25) is 0 Å². The van der Waals surface area contributed by atoms with Crippen molar-refractivity contribution < 1.29 is 9.66 Å². The summed E-state index contributed by atoms with van der Waals surface area (Å²) >= 11 is 1.90. The number of rotatable bonds is 3. The number of ether oxygens (including phenoxy) is 1. The van der Waals surface area contributed by atoms with Crippen molar-refractivity contribution in [3.8, 4) is 15.6 Å². The molecule has 1 aromatic rings. The standard InChI is InChI=1S/C9H6INO3/c10-5-2-6-14-9-4-1-3-8(7-9)11(12)13/h1,3-4,7H,6H2. The van der Waals surface area contributed by atoms with Crippen LogP contribution in [0.5, 0.6) is 5.75 Å². The summed E-state index contributed by atoms with van der Waals surface area (Å²) in [5, 5.41) is 10.4. The normalized spacial score (nSPS) is 8.64. The zero-order valence-corrected chi connectivity index (χ0v) is 9.22. The van der Waals surface area contributed by atoms with E-state index in [1.54, 1.807) is 12.1 Å². The van der Waals surface area contributed by atoms with Crippen LogP contribution in [0.4, 0.5) is 5.69 Å². The smallest absolute Gasteiger partial charge is 0.273 e. The van der Waals surface area contributed by atoms with Gasteiger partial charge in [0, 0.05) is 28.7 Å². The Bertz CT molecular complexity index is 395. The van der Waals surface area contributed by atoms with Crippen molar-refractivity contribution in [3.05, 3.63) is 34.4 Å². The molecule has 14 heavy (non-hydrogen) atoms. The van der Waals surface area contributed by atoms with E-state index in [0.717, 1.165) is 0 Å². The van der Waals surface area contributed by atoms with Crippen molar-refractivity contribution in [2.45, 2.75) is 0 Å². The minimum absolute atomic E-state index is 0.0185. The van der Waals surface area contributed by atoms with Gasteiger partial charge in [0.1, 0.15) is 12.4 Å². The molecule has 0 aliphatic heterocycles. The summed E-state index contributed by atoms with van der Waals surface area (Å²) in [6.07, 6.45) is 0. The number of nitro benzene ring substituents is 1. The molecule has 0 N–H and O–H groups in total. The predicted octanol–water partition coefficient (Wildman–Crippen LogP) is 2.37. The minimum Gasteiger partial charge on any atom is -0.481 e. The highest BCUT2D eigenvalue weighted by molar-refractivity contribution is 14.1. The van der Waals surface area contributed by atoms with Crippen LogP contribution >= 0.6 is 22.6 Å². The zero-order chi connectivity index (χ0) is 10.4. The number of halogens is 1. The van der Waals surface area contributed by atoms with Crippen molar-refractivity contribution >= 4 is 28.3 Å². The van der Waals surface area contributed by atoms with Gasteiger partial charge in [-0.3, -0.25) is 10.1 Å². The van der Waals surface area contributed by atoms with E-state index in [1.165, 1.54) is 12.1 Å². The van der Waals surface area contributed by atoms with Crippen LogP contribution in [0, 0.1) is 20.0 Å². The first-order chi connectivity index (χ1) is 6.74. The maximum Gasteiger partial charge on any atom is 0.273 e. The molecule has 0 unspecified atom stereocenters. The van der Waals surface area contributed by atoms with Crippen LogP contribution in [0.15, 0.2) is 24.3 Å². The largest absolute Gasteiger partial charge is 0.481 e. The van der Waals surface area contributed by atoms with E-state index < -0.39 is 4.92 Å². The lowest BCUT2D eigenvalue weighted by Gasteiger charge is -2.00. The highest BCUT2D eigenvalue weighted by atomic mass is 127. The summed E-state index contributed by atoms with van der Waals surface area (Å²) in [6.45, 7) is 0.240. The molecule has 0 aliphatic carbocycles. The van der Waals surface area contributed by atoms with Crippen molar-refractivity contribution in [1.29, 1.82) is 0 Å². The first-order valence-electron chi connectivity index (χ1n) is 3.70. The predicted molar refractivity (Wildman–Crippen MR) is 60.4 cm³/mol. The van der Waals surface area contributed by atoms with Crippen molar-refractivity contribution in [2.24, 2.45) is 0 Å². The molecule has 0 aromatic heterocycles. The van der Waals surface area contributed by atoms with Gasteiger partial charge in [-0.05, 0) is 9.99 Å². The summed E-state index contributed by atoms with van der Waals surface area (Å²) in [4.78, 5) is 9.94. The summed E-state index contributed by atoms with van der Waals surface area (Å²) in [5.41, 5.74) is 0.0185. The Kier molecular flexibility index (Phi) is 4.19. The van der Waals surface area contributed by atoms with Gasteiger partial charge in [0.05, 0.1) is 11.0 Å². The molecule has 0 amide bonds. The Balaban J connectivity index is 2.71. The Morgan fingerprint density at radius 3 is 3.00 bits per heavy atom. The summed E-state index contributed by atoms with van der Waals surface area (Å²) in [5.74, 6) is 3.15. The molecule has 0 spiro atoms. The van der Waals surface area contributed by atoms with Gasteiger partial charge < -0.3 is 4.74 Å². The third-order valence-electron chi connectivity index (χ3n) is 1.41. The van der Waals surface area contributed by atoms with Crippen LogP contribution in [-0.2, 0) is 0 Å². The Morgan fingerprint density at radius 2 is 2.36 bits per heavy atom. The lowest BCUT2D eigenvalue weighted by Crippen LogP contribution is -1.94. The number of hydrogen-bond donors (Lipinski definition) is 0. The van der Waals surface area contributed by atoms with Gasteiger partial charge >= 0.3 is 0 Å². The molecule has 0 saturated heterocycles. The number of non-ortho nitro benzene ring substituents is 1. The Labute approximate surface area is 94.6 Å². The zero-order valence-electron chi connectivity index (χ0n) is 7.07. The number of benzene rings is 1. The lowest BCUT2D eigenvalue weighted by atomic mass is 10.3. The molecular weight excluding hydrogens is 297 g/mol. The molecule has 0 radical (unpaired) electrons. The second kappa shape index (κ2) is 5.44. The lowest BCUT2D eigenvalue weighted by molar-refractivity contribution is -0.384. The van der Waals surface area contributed by atoms with Crippen LogP contribution in [0.3, 0.4) is 0 Å². The van der Waals surface area contributed by atoms with E-state index in [9.17, 15) is 10.1 Å². The Hall–Kier alpha value is -1.29. The highest BCUT2D eigenvalue weighted by Crippen LogP contribution is 2.18. The maximum absolute atomic E-state index is 10.4. The van der Waals surface area contributed by atoms with Gasteiger partial charge in [-0.25, -0.2) is 0 Å². The van der Waals surface area contributed by atoms with Crippen LogP contribution in [0.2, 0.25) is 0 Å². The molecule has 4 nitrogen and oxygen atoms in total. The van der Waals surface area contributed by atoms with E-state index in [0.29, 0.717) is 5.75 Å². The third-order valence-corrected chi connectivity index (χ3v) is 1.79. The number of nitro groups is 1. The molecule has 1 rings (SSSR count). The third kappa shape index (κ3) is 3.22. The van der Waals surface area contributed by atoms with Gasteiger partial charge in [-0.2, -0.15) is 0 Å². The average Bonchev–Trinajstić information content (AvgIpc) is 2.19. The molecule has 0 saturated carbocycles. The summed E-state index contributed by atoms with van der Waals surface area (Å²) < 4.78 is 7.79. The first-order valence-corrected chi connectivity index (χ1v) is 4.77. The fourth-order valence-corrected chi connectivity index (χ4v) is 0.989. The molecule has 0 bridgehead atoms. The molecule has 72 valence electrons. The summed E-state index contributed by atoms with van der Waals surface area (Å²) in [6, 6.07) is 6.01. The molecule has 0 heterocycles. The van der Waals surface area contributed by atoms with E-state index in [2.05, 4.69) is 9.85 Å². The molecule has 0 fully saturated rings. The first kappa shape index (κ1) is 10.8. The van der Waals surface area contributed by atoms with Crippen molar-refractivity contribution in [2.75, 3.05) is 6.61 Å². The fourth-order valence-electron chi connectivity index (χ4n) is 0.834. The molecule has 5 heteroatoms. The second-order valence-corrected chi connectivity index (χ2v) is 2.85. The maximum atomic E-state index is 10.4. The topological polar surface area (TPSA) is 52.4 Å². The van der Waals surface area contributed by atoms with Crippen LogP contribution < -0.4 is 4.74 Å². The van der Waals surface area contributed by atoms with E-state index in [-0.39, 0.29) is 12.3 Å². The van der Waals surface area contributed by atoms with Crippen molar-refractivity contribution in [1.82, 2.24) is 0 Å². The number of nitrogens with zero attached hydrogens (tertiary/aromatic N) is 1. The average molecular weight is 303 g/mol. The quantitative estimate of drug-likeness (QED) is 0.373. The molecule has 0 atom stereocenters. The van der Waals surface area contributed by atoms with Crippen LogP contribution in [0.25, 0.3) is 0 Å². The van der Waals surface area contributed by atoms with E-state index in [1.807, 2.05) is 22.6 Å². The van der Waals surface area contributed by atoms with Crippen LogP contribution in [-0.4, -0.2) is 11.5 Å².